The van der Waals surface area contributed by atoms with Gasteiger partial charge in [0.05, 0.1) is 6.54 Å². The van der Waals surface area contributed by atoms with Crippen molar-refractivity contribution in [3.05, 3.63) is 58.3 Å². The van der Waals surface area contributed by atoms with Gasteiger partial charge in [-0.2, -0.15) is 11.3 Å². The highest BCUT2D eigenvalue weighted by Gasteiger charge is 2.34. The van der Waals surface area contributed by atoms with Crippen LogP contribution in [0.15, 0.2) is 52.2 Å². The number of nitrogens with one attached hydrogen (secondary N) is 2. The Kier molecular flexibility index (Phi) is 8.09. The summed E-state index contributed by atoms with van der Waals surface area (Å²) in [7, 11) is 2.11. The molecular formula is C23H34N4OS. The van der Waals surface area contributed by atoms with Gasteiger partial charge in [-0.3, -0.25) is 4.99 Å². The molecule has 0 radical (unpaired) electrons. The van der Waals surface area contributed by atoms with Gasteiger partial charge in [0.1, 0.15) is 0 Å². The Bertz CT molecular complexity index is 742. The van der Waals surface area contributed by atoms with E-state index < -0.39 is 0 Å². The largest absolute Gasteiger partial charge is 0.381 e. The first kappa shape index (κ1) is 21.8. The minimum absolute atomic E-state index is 0.0442. The van der Waals surface area contributed by atoms with E-state index in [-0.39, 0.29) is 11.6 Å². The van der Waals surface area contributed by atoms with Crippen LogP contribution in [-0.4, -0.2) is 49.7 Å². The van der Waals surface area contributed by atoms with Crippen molar-refractivity contribution in [3.8, 4) is 0 Å². The fraction of sp³-hybridized carbons (Fsp3) is 0.522. The summed E-state index contributed by atoms with van der Waals surface area (Å²) >= 11 is 1.74. The van der Waals surface area contributed by atoms with Gasteiger partial charge >= 0.3 is 0 Å². The number of nitrogens with zero attached hydrogens (tertiary/aromatic N) is 2. The highest BCUT2D eigenvalue weighted by atomic mass is 32.1. The molecule has 158 valence electrons. The first-order valence-corrected chi connectivity index (χ1v) is 11.5. The lowest BCUT2D eigenvalue weighted by Crippen LogP contribution is -2.53. The molecule has 0 amide bonds. The third kappa shape index (κ3) is 6.29. The minimum Gasteiger partial charge on any atom is -0.381 e. The second-order valence-electron chi connectivity index (χ2n) is 7.83. The van der Waals surface area contributed by atoms with E-state index in [0.717, 1.165) is 51.6 Å². The lowest BCUT2D eigenvalue weighted by Gasteiger charge is -2.39. The molecule has 1 aliphatic rings. The van der Waals surface area contributed by atoms with E-state index in [4.69, 9.17) is 9.73 Å². The van der Waals surface area contributed by atoms with Crippen LogP contribution >= 0.6 is 11.3 Å². The molecule has 1 aromatic heterocycles. The van der Waals surface area contributed by atoms with Crippen LogP contribution in [0, 0.1) is 0 Å². The number of hydrogen-bond acceptors (Lipinski definition) is 4. The van der Waals surface area contributed by atoms with Crippen LogP contribution in [0.3, 0.4) is 0 Å². The summed E-state index contributed by atoms with van der Waals surface area (Å²) in [6.07, 6.45) is 1.95. The van der Waals surface area contributed by atoms with E-state index >= 15 is 0 Å². The SMILES string of the molecule is CCNC(=NCC1(NC(C)c2ccccc2)CCOCC1)N(C)Cc1ccsc1. The van der Waals surface area contributed by atoms with Crippen LogP contribution in [0.4, 0.5) is 0 Å². The molecule has 3 rings (SSSR count). The number of thiophene rings is 1. The fourth-order valence-electron chi connectivity index (χ4n) is 3.82. The Labute approximate surface area is 179 Å². The standard InChI is InChI=1S/C23H34N4OS/c1-4-24-22(27(3)16-20-10-15-29-17-20)25-18-23(11-13-28-14-12-23)26-19(2)21-8-6-5-7-9-21/h5-10,15,17,19,26H,4,11-14,16,18H2,1-3H3,(H,24,25). The molecule has 6 heteroatoms. The summed E-state index contributed by atoms with van der Waals surface area (Å²) in [5, 5.41) is 11.7. The van der Waals surface area contributed by atoms with Gasteiger partial charge in [-0.05, 0) is 54.6 Å². The van der Waals surface area contributed by atoms with E-state index in [1.165, 1.54) is 11.1 Å². The van der Waals surface area contributed by atoms with Gasteiger partial charge in [0.25, 0.3) is 0 Å². The zero-order valence-electron chi connectivity index (χ0n) is 17.9. The van der Waals surface area contributed by atoms with Gasteiger partial charge in [-0.25, -0.2) is 0 Å². The van der Waals surface area contributed by atoms with Crippen LogP contribution in [-0.2, 0) is 11.3 Å². The maximum atomic E-state index is 5.67. The summed E-state index contributed by atoms with van der Waals surface area (Å²) in [5.74, 6) is 0.957. The fourth-order valence-corrected chi connectivity index (χ4v) is 4.48. The van der Waals surface area contributed by atoms with Crippen molar-refractivity contribution < 1.29 is 4.74 Å². The molecule has 1 fully saturated rings. The average Bonchev–Trinajstić information content (AvgIpc) is 3.25. The van der Waals surface area contributed by atoms with E-state index in [0.29, 0.717) is 0 Å². The second-order valence-corrected chi connectivity index (χ2v) is 8.61. The molecule has 1 unspecified atom stereocenters. The predicted molar refractivity (Wildman–Crippen MR) is 123 cm³/mol. The molecular weight excluding hydrogens is 380 g/mol. The van der Waals surface area contributed by atoms with Crippen LogP contribution in [0.2, 0.25) is 0 Å². The van der Waals surface area contributed by atoms with Crippen LogP contribution in [0.5, 0.6) is 0 Å². The zero-order valence-corrected chi connectivity index (χ0v) is 18.7. The van der Waals surface area contributed by atoms with Crippen molar-refractivity contribution in [2.45, 2.75) is 44.8 Å². The molecule has 0 bridgehead atoms. The van der Waals surface area contributed by atoms with Crippen molar-refractivity contribution in [2.24, 2.45) is 4.99 Å². The van der Waals surface area contributed by atoms with E-state index in [1.807, 2.05) is 0 Å². The highest BCUT2D eigenvalue weighted by molar-refractivity contribution is 7.07. The molecule has 1 aliphatic heterocycles. The molecule has 1 atom stereocenters. The lowest BCUT2D eigenvalue weighted by atomic mass is 9.88. The quantitative estimate of drug-likeness (QED) is 0.505. The first-order chi connectivity index (χ1) is 14.1. The Morgan fingerprint density at radius 1 is 1.24 bits per heavy atom. The minimum atomic E-state index is -0.0442. The highest BCUT2D eigenvalue weighted by Crippen LogP contribution is 2.26. The third-order valence-electron chi connectivity index (χ3n) is 5.50. The summed E-state index contributed by atoms with van der Waals surface area (Å²) in [6, 6.07) is 13.1. The number of benzene rings is 1. The first-order valence-electron chi connectivity index (χ1n) is 10.5. The molecule has 0 saturated carbocycles. The lowest BCUT2D eigenvalue weighted by molar-refractivity contribution is 0.0373. The number of ether oxygens (including phenoxy) is 1. The maximum Gasteiger partial charge on any atom is 0.194 e. The number of rotatable bonds is 8. The Balaban J connectivity index is 1.73. The molecule has 5 nitrogen and oxygen atoms in total. The Morgan fingerprint density at radius 3 is 2.66 bits per heavy atom. The van der Waals surface area contributed by atoms with Crippen molar-refractivity contribution in [3.63, 3.8) is 0 Å². The van der Waals surface area contributed by atoms with Crippen molar-refractivity contribution in [2.75, 3.05) is 33.4 Å². The van der Waals surface area contributed by atoms with Gasteiger partial charge in [-0.15, -0.1) is 0 Å². The normalized spacial score (nSPS) is 17.7. The topological polar surface area (TPSA) is 48.9 Å². The average molecular weight is 415 g/mol. The van der Waals surface area contributed by atoms with Gasteiger partial charge in [0.15, 0.2) is 5.96 Å². The second kappa shape index (κ2) is 10.8. The molecule has 0 aliphatic carbocycles. The molecule has 29 heavy (non-hydrogen) atoms. The predicted octanol–water partition coefficient (Wildman–Crippen LogP) is 4.05. The van der Waals surface area contributed by atoms with Crippen molar-refractivity contribution >= 4 is 17.3 Å². The molecule has 2 heterocycles. The van der Waals surface area contributed by atoms with Gasteiger partial charge < -0.3 is 20.3 Å². The third-order valence-corrected chi connectivity index (χ3v) is 6.23. The number of guanidine groups is 1. The Hall–Kier alpha value is -1.89. The van der Waals surface area contributed by atoms with Gasteiger partial charge in [0.2, 0.25) is 0 Å². The molecule has 0 spiro atoms. The Morgan fingerprint density at radius 2 is 2.00 bits per heavy atom. The number of aliphatic imine (C=N–C) groups is 1. The van der Waals surface area contributed by atoms with Crippen LogP contribution < -0.4 is 10.6 Å². The number of hydrogen-bond donors (Lipinski definition) is 2. The zero-order chi connectivity index (χ0) is 20.5. The summed E-state index contributed by atoms with van der Waals surface area (Å²) in [5.41, 5.74) is 2.58. The summed E-state index contributed by atoms with van der Waals surface area (Å²) in [6.45, 7) is 8.38. The van der Waals surface area contributed by atoms with Crippen molar-refractivity contribution in [1.82, 2.24) is 15.5 Å². The van der Waals surface area contributed by atoms with E-state index in [9.17, 15) is 0 Å². The monoisotopic (exact) mass is 414 g/mol. The molecule has 1 aromatic carbocycles. The molecule has 1 saturated heterocycles. The van der Waals surface area contributed by atoms with E-state index in [2.05, 4.69) is 83.6 Å². The van der Waals surface area contributed by atoms with Gasteiger partial charge in [-0.1, -0.05) is 30.3 Å². The van der Waals surface area contributed by atoms with Crippen LogP contribution in [0.25, 0.3) is 0 Å². The van der Waals surface area contributed by atoms with Gasteiger partial charge in [0, 0.05) is 44.9 Å². The smallest absolute Gasteiger partial charge is 0.194 e. The van der Waals surface area contributed by atoms with E-state index in [1.54, 1.807) is 11.3 Å². The summed E-state index contributed by atoms with van der Waals surface area (Å²) < 4.78 is 5.67. The maximum absolute atomic E-state index is 5.67. The summed E-state index contributed by atoms with van der Waals surface area (Å²) in [4.78, 5) is 7.26. The van der Waals surface area contributed by atoms with Crippen molar-refractivity contribution in [1.29, 1.82) is 0 Å². The van der Waals surface area contributed by atoms with Crippen LogP contribution in [0.1, 0.15) is 43.9 Å². The molecule has 2 aromatic rings. The molecule has 2 N–H and O–H groups in total.